The maximum Gasteiger partial charge on any atom is 0.267 e. The summed E-state index contributed by atoms with van der Waals surface area (Å²) >= 11 is 9.93. The minimum Gasteiger partial charge on any atom is -0.478 e. The first-order chi connectivity index (χ1) is 13.8. The normalized spacial score (nSPS) is 15.3. The summed E-state index contributed by atoms with van der Waals surface area (Å²) in [5.41, 5.74) is 0.629. The van der Waals surface area contributed by atoms with E-state index in [0.717, 1.165) is 42.9 Å². The largest absolute Gasteiger partial charge is 0.478 e. The van der Waals surface area contributed by atoms with Gasteiger partial charge in [-0.15, -0.1) is 0 Å². The number of ether oxygens (including phenoxy) is 1. The van der Waals surface area contributed by atoms with E-state index in [4.69, 9.17) is 16.3 Å². The van der Waals surface area contributed by atoms with Gasteiger partial charge in [0.05, 0.1) is 10.7 Å². The van der Waals surface area contributed by atoms with Gasteiger partial charge in [0.25, 0.3) is 5.91 Å². The van der Waals surface area contributed by atoms with E-state index in [1.54, 1.807) is 19.9 Å². The van der Waals surface area contributed by atoms with Crippen LogP contribution in [0.3, 0.4) is 0 Å². The van der Waals surface area contributed by atoms with E-state index in [9.17, 15) is 4.79 Å². The highest BCUT2D eigenvalue weighted by Gasteiger charge is 2.30. The Morgan fingerprint density at radius 3 is 2.38 bits per heavy atom. The summed E-state index contributed by atoms with van der Waals surface area (Å²) in [6, 6.07) is 13.1. The van der Waals surface area contributed by atoms with Crippen molar-refractivity contribution in [3.8, 4) is 5.75 Å². The highest BCUT2D eigenvalue weighted by Crippen LogP contribution is 2.30. The second kappa shape index (κ2) is 9.37. The standard InChI is InChI=1S/C22H27BrClN3O2/c1-4-26-11-13-27(14-12-26)20-10-7-17(15-19(20)24)25-21(28)22(2,3)29-18-8-5-16(23)6-9-18/h5-10,15H,4,11-14H2,1-3H3,(H,25,28). The molecule has 1 fully saturated rings. The lowest BCUT2D eigenvalue weighted by molar-refractivity contribution is -0.128. The van der Waals surface area contributed by atoms with E-state index in [2.05, 4.69) is 38.0 Å². The molecule has 7 heteroatoms. The molecule has 0 saturated carbocycles. The van der Waals surface area contributed by atoms with Gasteiger partial charge in [-0.2, -0.15) is 0 Å². The van der Waals surface area contributed by atoms with Gasteiger partial charge in [0.1, 0.15) is 5.75 Å². The van der Waals surface area contributed by atoms with Crippen LogP contribution in [0.5, 0.6) is 5.75 Å². The highest BCUT2D eigenvalue weighted by molar-refractivity contribution is 9.10. The van der Waals surface area contributed by atoms with Gasteiger partial charge in [0.15, 0.2) is 5.60 Å². The van der Waals surface area contributed by atoms with Crippen LogP contribution in [-0.2, 0) is 4.79 Å². The second-order valence-electron chi connectivity index (χ2n) is 7.61. The van der Waals surface area contributed by atoms with Crippen LogP contribution < -0.4 is 15.0 Å². The molecule has 1 aliphatic heterocycles. The van der Waals surface area contributed by atoms with E-state index >= 15 is 0 Å². The van der Waals surface area contributed by atoms with Crippen molar-refractivity contribution in [2.75, 3.05) is 42.9 Å². The molecule has 3 rings (SSSR count). The Morgan fingerprint density at radius 2 is 1.79 bits per heavy atom. The molecule has 1 saturated heterocycles. The number of amides is 1. The molecule has 1 amide bonds. The first-order valence-corrected chi connectivity index (χ1v) is 11.0. The van der Waals surface area contributed by atoms with Crippen LogP contribution in [0.1, 0.15) is 20.8 Å². The Labute approximate surface area is 186 Å². The third-order valence-electron chi connectivity index (χ3n) is 5.10. The lowest BCUT2D eigenvalue weighted by atomic mass is 10.1. The Balaban J connectivity index is 1.64. The summed E-state index contributed by atoms with van der Waals surface area (Å²) in [6.45, 7) is 10.7. The van der Waals surface area contributed by atoms with Gasteiger partial charge in [0, 0.05) is 36.3 Å². The summed E-state index contributed by atoms with van der Waals surface area (Å²) < 4.78 is 6.84. The predicted molar refractivity (Wildman–Crippen MR) is 123 cm³/mol. The van der Waals surface area contributed by atoms with Crippen LogP contribution in [0.4, 0.5) is 11.4 Å². The fourth-order valence-electron chi connectivity index (χ4n) is 3.27. The number of hydrogen-bond acceptors (Lipinski definition) is 4. The van der Waals surface area contributed by atoms with Gasteiger partial charge in [-0.3, -0.25) is 4.79 Å². The van der Waals surface area contributed by atoms with E-state index in [-0.39, 0.29) is 5.91 Å². The Morgan fingerprint density at radius 1 is 1.14 bits per heavy atom. The highest BCUT2D eigenvalue weighted by atomic mass is 79.9. The molecule has 0 spiro atoms. The van der Waals surface area contributed by atoms with Gasteiger partial charge in [0.2, 0.25) is 0 Å². The average Bonchev–Trinajstić information content (AvgIpc) is 2.70. The number of likely N-dealkylation sites (N-methyl/N-ethyl adjacent to an activating group) is 1. The maximum atomic E-state index is 12.8. The third-order valence-corrected chi connectivity index (χ3v) is 5.93. The smallest absolute Gasteiger partial charge is 0.267 e. The molecule has 156 valence electrons. The number of anilines is 2. The molecule has 2 aromatic carbocycles. The van der Waals surface area contributed by atoms with Gasteiger partial charge < -0.3 is 19.9 Å². The zero-order chi connectivity index (χ0) is 21.0. The fraction of sp³-hybridized carbons (Fsp3) is 0.409. The van der Waals surface area contributed by atoms with Crippen molar-refractivity contribution in [1.29, 1.82) is 0 Å². The van der Waals surface area contributed by atoms with Crippen LogP contribution in [0, 0.1) is 0 Å². The molecule has 0 aromatic heterocycles. The van der Waals surface area contributed by atoms with E-state index in [0.29, 0.717) is 16.5 Å². The zero-order valence-electron chi connectivity index (χ0n) is 17.0. The molecule has 1 aliphatic rings. The Bertz CT molecular complexity index is 850. The summed E-state index contributed by atoms with van der Waals surface area (Å²) in [4.78, 5) is 17.5. The van der Waals surface area contributed by atoms with E-state index in [1.807, 2.05) is 36.4 Å². The first kappa shape index (κ1) is 21.9. The number of rotatable bonds is 6. The molecule has 0 bridgehead atoms. The van der Waals surface area contributed by atoms with Crippen molar-refractivity contribution in [3.63, 3.8) is 0 Å². The van der Waals surface area contributed by atoms with Gasteiger partial charge in [-0.1, -0.05) is 34.5 Å². The molecule has 0 aliphatic carbocycles. The molecule has 1 N–H and O–H groups in total. The molecule has 1 heterocycles. The van der Waals surface area contributed by atoms with Crippen LogP contribution in [0.2, 0.25) is 5.02 Å². The van der Waals surface area contributed by atoms with E-state index in [1.165, 1.54) is 0 Å². The Kier molecular flexibility index (Phi) is 7.09. The quantitative estimate of drug-likeness (QED) is 0.629. The predicted octanol–water partition coefficient (Wildman–Crippen LogP) is 5.04. The van der Waals surface area contributed by atoms with Crippen molar-refractivity contribution in [3.05, 3.63) is 52.0 Å². The minimum atomic E-state index is -1.03. The molecule has 5 nitrogen and oxygen atoms in total. The average molecular weight is 481 g/mol. The molecular formula is C22H27BrClN3O2. The number of nitrogens with one attached hydrogen (secondary N) is 1. The molecule has 0 atom stereocenters. The first-order valence-electron chi connectivity index (χ1n) is 9.81. The second-order valence-corrected chi connectivity index (χ2v) is 8.93. The van der Waals surface area contributed by atoms with Crippen molar-refractivity contribution in [2.24, 2.45) is 0 Å². The fourth-order valence-corrected chi connectivity index (χ4v) is 3.84. The van der Waals surface area contributed by atoms with Crippen molar-refractivity contribution in [2.45, 2.75) is 26.4 Å². The molecule has 0 radical (unpaired) electrons. The van der Waals surface area contributed by atoms with Crippen LogP contribution in [0.15, 0.2) is 46.9 Å². The number of halogens is 2. The topological polar surface area (TPSA) is 44.8 Å². The van der Waals surface area contributed by atoms with Crippen LogP contribution in [-0.4, -0.2) is 49.1 Å². The summed E-state index contributed by atoms with van der Waals surface area (Å²) in [7, 11) is 0. The monoisotopic (exact) mass is 479 g/mol. The zero-order valence-corrected chi connectivity index (χ0v) is 19.4. The van der Waals surface area contributed by atoms with Gasteiger partial charge in [-0.25, -0.2) is 0 Å². The number of carbonyl (C=O) groups is 1. The number of piperazine rings is 1. The van der Waals surface area contributed by atoms with Gasteiger partial charge >= 0.3 is 0 Å². The number of carbonyl (C=O) groups excluding carboxylic acids is 1. The lowest BCUT2D eigenvalue weighted by Crippen LogP contribution is -2.46. The number of hydrogen-bond donors (Lipinski definition) is 1. The molecule has 0 unspecified atom stereocenters. The van der Waals surface area contributed by atoms with Crippen molar-refractivity contribution >= 4 is 44.8 Å². The molecule has 29 heavy (non-hydrogen) atoms. The van der Waals surface area contributed by atoms with Crippen LogP contribution >= 0.6 is 27.5 Å². The number of nitrogens with zero attached hydrogens (tertiary/aromatic N) is 2. The third kappa shape index (κ3) is 5.65. The SMILES string of the molecule is CCN1CCN(c2ccc(NC(=O)C(C)(C)Oc3ccc(Br)cc3)cc2Cl)CC1. The maximum absolute atomic E-state index is 12.8. The number of benzene rings is 2. The minimum absolute atomic E-state index is 0.235. The molecule has 2 aromatic rings. The van der Waals surface area contributed by atoms with Crippen LogP contribution in [0.25, 0.3) is 0 Å². The summed E-state index contributed by atoms with van der Waals surface area (Å²) in [5.74, 6) is 0.397. The van der Waals surface area contributed by atoms with Crippen molar-refractivity contribution in [1.82, 2.24) is 4.90 Å². The lowest BCUT2D eigenvalue weighted by Gasteiger charge is -2.36. The van der Waals surface area contributed by atoms with Crippen molar-refractivity contribution < 1.29 is 9.53 Å². The summed E-state index contributed by atoms with van der Waals surface area (Å²) in [6.07, 6.45) is 0. The van der Waals surface area contributed by atoms with Gasteiger partial charge in [-0.05, 0) is 62.9 Å². The van der Waals surface area contributed by atoms with E-state index < -0.39 is 5.60 Å². The Hall–Kier alpha value is -1.76. The molecular weight excluding hydrogens is 454 g/mol. The summed E-state index contributed by atoms with van der Waals surface area (Å²) in [5, 5.41) is 3.55.